The molecule has 4 heteroatoms. The fourth-order valence-corrected chi connectivity index (χ4v) is 2.60. The molecule has 1 aliphatic rings. The lowest BCUT2D eigenvalue weighted by atomic mass is 9.86. The van der Waals surface area contributed by atoms with Gasteiger partial charge in [-0.2, -0.15) is 0 Å². The van der Waals surface area contributed by atoms with Gasteiger partial charge in [-0.25, -0.2) is 4.79 Å². The van der Waals surface area contributed by atoms with E-state index in [1.807, 2.05) is 6.07 Å². The first-order valence-electron chi connectivity index (χ1n) is 5.66. The predicted molar refractivity (Wildman–Crippen MR) is 71.8 cm³/mol. The fourth-order valence-electron chi connectivity index (χ4n) is 2.23. The van der Waals surface area contributed by atoms with E-state index in [0.29, 0.717) is 23.1 Å². The summed E-state index contributed by atoms with van der Waals surface area (Å²) in [6.07, 6.45) is 0.796. The normalized spacial score (nSPS) is 23.5. The highest BCUT2D eigenvalue weighted by Gasteiger charge is 2.26. The molecule has 0 amide bonds. The van der Waals surface area contributed by atoms with Crippen molar-refractivity contribution in [2.75, 3.05) is 5.32 Å². The van der Waals surface area contributed by atoms with E-state index in [-0.39, 0.29) is 0 Å². The van der Waals surface area contributed by atoms with Gasteiger partial charge < -0.3 is 10.4 Å². The lowest BCUT2D eigenvalue weighted by Gasteiger charge is -2.18. The van der Waals surface area contributed by atoms with Gasteiger partial charge in [0.15, 0.2) is 0 Å². The highest BCUT2D eigenvalue weighted by molar-refractivity contribution is 7.80. The number of hydrogen-bond donors (Lipinski definition) is 2. The van der Waals surface area contributed by atoms with Crippen molar-refractivity contribution in [3.8, 4) is 0 Å². The van der Waals surface area contributed by atoms with Crippen molar-refractivity contribution >= 4 is 28.9 Å². The molecule has 2 rings (SSSR count). The fraction of sp³-hybridized carbons (Fsp3) is 0.385. The molecule has 0 bridgehead atoms. The number of anilines is 1. The Morgan fingerprint density at radius 1 is 1.47 bits per heavy atom. The quantitative estimate of drug-likeness (QED) is 0.750. The Morgan fingerprint density at radius 2 is 2.18 bits per heavy atom. The maximum Gasteiger partial charge on any atom is 0.337 e. The van der Waals surface area contributed by atoms with E-state index in [1.54, 1.807) is 12.1 Å². The zero-order valence-electron chi connectivity index (χ0n) is 9.86. The molecule has 1 heterocycles. The molecular weight excluding hydrogens is 234 g/mol. The van der Waals surface area contributed by atoms with Crippen molar-refractivity contribution < 1.29 is 9.90 Å². The van der Waals surface area contributed by atoms with Crippen LogP contribution >= 0.6 is 12.2 Å². The first kappa shape index (κ1) is 12.0. The topological polar surface area (TPSA) is 49.3 Å². The van der Waals surface area contributed by atoms with E-state index in [4.69, 9.17) is 12.2 Å². The largest absolute Gasteiger partial charge is 0.478 e. The number of rotatable bonds is 1. The zero-order chi connectivity index (χ0) is 12.6. The average Bonchev–Trinajstić information content (AvgIpc) is 2.37. The molecule has 2 unspecified atom stereocenters. The van der Waals surface area contributed by atoms with Crippen molar-refractivity contribution in [2.45, 2.75) is 26.2 Å². The number of aromatic carboxylic acids is 1. The van der Waals surface area contributed by atoms with Gasteiger partial charge in [-0.1, -0.05) is 38.2 Å². The second kappa shape index (κ2) is 4.45. The van der Waals surface area contributed by atoms with E-state index >= 15 is 0 Å². The third-order valence-corrected chi connectivity index (χ3v) is 3.71. The molecule has 2 atom stereocenters. The molecule has 0 saturated carbocycles. The van der Waals surface area contributed by atoms with Crippen LogP contribution in [-0.2, 0) is 0 Å². The molecule has 0 spiro atoms. The van der Waals surface area contributed by atoms with Crippen molar-refractivity contribution in [3.63, 3.8) is 0 Å². The summed E-state index contributed by atoms with van der Waals surface area (Å²) in [4.78, 5) is 11.9. The van der Waals surface area contributed by atoms with Crippen LogP contribution < -0.4 is 5.32 Å². The molecule has 0 aromatic heterocycles. The van der Waals surface area contributed by atoms with Crippen LogP contribution in [0.4, 0.5) is 5.69 Å². The van der Waals surface area contributed by atoms with Gasteiger partial charge in [0.05, 0.1) is 16.2 Å². The van der Waals surface area contributed by atoms with Crippen LogP contribution in [0, 0.1) is 5.92 Å². The number of nitrogens with one attached hydrogen (secondary N) is 1. The van der Waals surface area contributed by atoms with Crippen molar-refractivity contribution in [1.29, 1.82) is 0 Å². The Bertz CT molecular complexity index is 484. The van der Waals surface area contributed by atoms with E-state index < -0.39 is 5.97 Å². The van der Waals surface area contributed by atoms with Crippen LogP contribution in [0.2, 0.25) is 0 Å². The monoisotopic (exact) mass is 249 g/mol. The Hall–Kier alpha value is -1.42. The molecule has 1 aromatic rings. The van der Waals surface area contributed by atoms with E-state index in [1.165, 1.54) is 0 Å². The molecule has 3 nitrogen and oxygen atoms in total. The molecular formula is C13H15NO2S. The second-order valence-corrected chi connectivity index (χ2v) is 5.09. The number of benzene rings is 1. The van der Waals surface area contributed by atoms with E-state index in [2.05, 4.69) is 19.2 Å². The van der Waals surface area contributed by atoms with Crippen molar-refractivity contribution in [3.05, 3.63) is 29.3 Å². The third kappa shape index (κ3) is 2.17. The van der Waals surface area contributed by atoms with Crippen molar-refractivity contribution in [1.82, 2.24) is 0 Å². The van der Waals surface area contributed by atoms with E-state index in [9.17, 15) is 9.90 Å². The molecule has 17 heavy (non-hydrogen) atoms. The number of carboxylic acids is 1. The van der Waals surface area contributed by atoms with Crippen LogP contribution in [-0.4, -0.2) is 16.1 Å². The van der Waals surface area contributed by atoms with Gasteiger partial charge in [-0.3, -0.25) is 0 Å². The van der Waals surface area contributed by atoms with Crippen LogP contribution in [0.5, 0.6) is 0 Å². The summed E-state index contributed by atoms with van der Waals surface area (Å²) in [6.45, 7) is 4.26. The number of thiocarbonyl (C=S) groups is 1. The number of para-hydroxylation sites is 1. The highest BCUT2D eigenvalue weighted by atomic mass is 32.1. The summed E-state index contributed by atoms with van der Waals surface area (Å²) in [5.41, 5.74) is 2.00. The Kier molecular flexibility index (Phi) is 3.15. The van der Waals surface area contributed by atoms with Crippen LogP contribution in [0.25, 0.3) is 0 Å². The summed E-state index contributed by atoms with van der Waals surface area (Å²) in [6, 6.07) is 5.38. The molecule has 0 radical (unpaired) electrons. The minimum Gasteiger partial charge on any atom is -0.478 e. The van der Waals surface area contributed by atoms with E-state index in [0.717, 1.165) is 17.0 Å². The second-order valence-electron chi connectivity index (χ2n) is 4.59. The standard InChI is InChI=1S/C13H15NO2S/c1-7-6-11(17)14-12-9(8(7)2)4-3-5-10(12)13(15)16/h3-5,7-8H,6H2,1-2H3,(H,14,17)(H,15,16). The first-order chi connectivity index (χ1) is 8.00. The molecule has 2 N–H and O–H groups in total. The van der Waals surface area contributed by atoms with Gasteiger partial charge in [0.25, 0.3) is 0 Å². The summed E-state index contributed by atoms with van der Waals surface area (Å²) in [5, 5.41) is 12.3. The Morgan fingerprint density at radius 3 is 2.82 bits per heavy atom. The Labute approximate surface area is 106 Å². The smallest absolute Gasteiger partial charge is 0.337 e. The summed E-state index contributed by atoms with van der Waals surface area (Å²) in [5.74, 6) is -0.198. The number of hydrogen-bond acceptors (Lipinski definition) is 2. The molecule has 1 aromatic carbocycles. The summed E-state index contributed by atoms with van der Waals surface area (Å²) in [7, 11) is 0. The molecule has 0 aliphatic carbocycles. The molecule has 0 fully saturated rings. The van der Waals surface area contributed by atoms with Crippen LogP contribution in [0.1, 0.15) is 42.1 Å². The minimum atomic E-state index is -0.918. The Balaban J connectivity index is 2.60. The summed E-state index contributed by atoms with van der Waals surface area (Å²) >= 11 is 5.24. The minimum absolute atomic E-state index is 0.297. The zero-order valence-corrected chi connectivity index (χ0v) is 10.7. The van der Waals surface area contributed by atoms with Crippen LogP contribution in [0.15, 0.2) is 18.2 Å². The van der Waals surface area contributed by atoms with Gasteiger partial charge in [0.1, 0.15) is 0 Å². The molecule has 90 valence electrons. The van der Waals surface area contributed by atoms with Gasteiger partial charge in [-0.05, 0) is 23.5 Å². The lowest BCUT2D eigenvalue weighted by Crippen LogP contribution is -2.12. The van der Waals surface area contributed by atoms with Gasteiger partial charge in [-0.15, -0.1) is 0 Å². The average molecular weight is 249 g/mol. The van der Waals surface area contributed by atoms with Gasteiger partial charge in [0.2, 0.25) is 0 Å². The number of carbonyl (C=O) groups is 1. The maximum atomic E-state index is 11.2. The maximum absolute atomic E-state index is 11.2. The molecule has 0 saturated heterocycles. The highest BCUT2D eigenvalue weighted by Crippen LogP contribution is 2.37. The SMILES string of the molecule is CC1CC(=S)Nc2c(C(=O)O)cccc2C1C. The van der Waals surface area contributed by atoms with Gasteiger partial charge >= 0.3 is 5.97 Å². The van der Waals surface area contributed by atoms with Crippen molar-refractivity contribution in [2.24, 2.45) is 5.92 Å². The summed E-state index contributed by atoms with van der Waals surface area (Å²) < 4.78 is 0. The van der Waals surface area contributed by atoms with Gasteiger partial charge in [0, 0.05) is 6.42 Å². The number of carboxylic acid groups (broad SMARTS) is 1. The first-order valence-corrected chi connectivity index (χ1v) is 6.07. The number of fused-ring (bicyclic) bond motifs is 1. The third-order valence-electron chi connectivity index (χ3n) is 3.44. The predicted octanol–water partition coefficient (Wildman–Crippen LogP) is 3.27. The van der Waals surface area contributed by atoms with Crippen LogP contribution in [0.3, 0.4) is 0 Å². The lowest BCUT2D eigenvalue weighted by molar-refractivity contribution is 0.0698. The molecule has 1 aliphatic heterocycles.